The highest BCUT2D eigenvalue weighted by atomic mass is 35.5. The summed E-state index contributed by atoms with van der Waals surface area (Å²) in [5, 5.41) is 3.40. The number of benzene rings is 2. The van der Waals surface area contributed by atoms with E-state index < -0.39 is 22.0 Å². The number of carbonyl (C=O) groups excluding carboxylic acids is 1. The minimum absolute atomic E-state index is 0.123. The van der Waals surface area contributed by atoms with E-state index in [1.807, 2.05) is 0 Å². The van der Waals surface area contributed by atoms with Crippen molar-refractivity contribution < 1.29 is 17.9 Å². The molecule has 1 atom stereocenters. The van der Waals surface area contributed by atoms with Crippen LogP contribution in [0.2, 0.25) is 10.0 Å². The van der Waals surface area contributed by atoms with E-state index in [-0.39, 0.29) is 11.4 Å². The highest BCUT2D eigenvalue weighted by Crippen LogP contribution is 2.29. The van der Waals surface area contributed by atoms with Gasteiger partial charge in [0.1, 0.15) is 11.8 Å². The zero-order valence-corrected chi connectivity index (χ0v) is 16.8. The minimum atomic E-state index is -3.80. The molecule has 0 saturated carbocycles. The topological polar surface area (TPSA) is 75.7 Å². The van der Waals surface area contributed by atoms with Crippen LogP contribution < -0.4 is 10.1 Å². The van der Waals surface area contributed by atoms with Crippen molar-refractivity contribution in [1.82, 2.24) is 4.31 Å². The first-order valence-electron chi connectivity index (χ1n) is 8.25. The fourth-order valence-corrected chi connectivity index (χ4v) is 4.93. The van der Waals surface area contributed by atoms with Crippen LogP contribution in [0.4, 0.5) is 5.69 Å². The van der Waals surface area contributed by atoms with E-state index in [1.54, 1.807) is 24.3 Å². The molecular weight excluding hydrogens is 411 g/mol. The highest BCUT2D eigenvalue weighted by molar-refractivity contribution is 7.89. The van der Waals surface area contributed by atoms with Crippen molar-refractivity contribution in [3.05, 3.63) is 52.5 Å². The number of nitrogens with zero attached hydrogens (tertiary/aromatic N) is 1. The summed E-state index contributed by atoms with van der Waals surface area (Å²) in [5.41, 5.74) is 0.461. The summed E-state index contributed by atoms with van der Waals surface area (Å²) in [7, 11) is -2.29. The monoisotopic (exact) mass is 428 g/mol. The number of hydrogen-bond donors (Lipinski definition) is 1. The molecule has 0 radical (unpaired) electrons. The number of nitrogens with one attached hydrogen (secondary N) is 1. The number of ether oxygens (including phenoxy) is 1. The molecule has 9 heteroatoms. The van der Waals surface area contributed by atoms with Crippen molar-refractivity contribution in [3.63, 3.8) is 0 Å². The van der Waals surface area contributed by atoms with Crippen LogP contribution in [0.15, 0.2) is 47.4 Å². The smallest absolute Gasteiger partial charge is 0.243 e. The number of amides is 1. The lowest BCUT2D eigenvalue weighted by atomic mass is 10.2. The molecule has 0 aliphatic carbocycles. The Balaban J connectivity index is 1.80. The SMILES string of the molecule is COc1ccc(S(=O)(=O)N2CCC[C@@H]2C(=O)Nc2ccc(Cl)c(Cl)c2)cc1. The van der Waals surface area contributed by atoms with Crippen LogP contribution in [0, 0.1) is 0 Å². The Morgan fingerprint density at radius 2 is 1.85 bits per heavy atom. The summed E-state index contributed by atoms with van der Waals surface area (Å²) < 4.78 is 32.2. The lowest BCUT2D eigenvalue weighted by Gasteiger charge is -2.23. The van der Waals surface area contributed by atoms with Gasteiger partial charge in [-0.2, -0.15) is 4.31 Å². The van der Waals surface area contributed by atoms with Crippen LogP contribution >= 0.6 is 23.2 Å². The molecule has 0 spiro atoms. The molecule has 1 heterocycles. The molecule has 27 heavy (non-hydrogen) atoms. The first-order chi connectivity index (χ1) is 12.8. The first kappa shape index (κ1) is 19.9. The fraction of sp³-hybridized carbons (Fsp3) is 0.278. The van der Waals surface area contributed by atoms with Gasteiger partial charge >= 0.3 is 0 Å². The second-order valence-corrected chi connectivity index (χ2v) is 8.77. The van der Waals surface area contributed by atoms with Crippen molar-refractivity contribution in [2.45, 2.75) is 23.8 Å². The molecule has 1 saturated heterocycles. The summed E-state index contributed by atoms with van der Waals surface area (Å²) in [6.45, 7) is 0.286. The van der Waals surface area contributed by atoms with Gasteiger partial charge in [0.25, 0.3) is 0 Å². The normalized spacial score (nSPS) is 17.7. The predicted octanol–water partition coefficient (Wildman–Crippen LogP) is 3.79. The molecule has 1 N–H and O–H groups in total. The van der Waals surface area contributed by atoms with Gasteiger partial charge in [-0.25, -0.2) is 8.42 Å². The standard InChI is InChI=1S/C18H18Cl2N2O4S/c1-26-13-5-7-14(8-6-13)27(24,25)22-10-2-3-17(22)18(23)21-12-4-9-15(19)16(20)11-12/h4-9,11,17H,2-3,10H2,1H3,(H,21,23)/t17-/m1/s1. The molecule has 1 amide bonds. The van der Waals surface area contributed by atoms with Gasteiger partial charge in [0.15, 0.2) is 0 Å². The third-order valence-electron chi connectivity index (χ3n) is 4.36. The maximum atomic E-state index is 13.0. The van der Waals surface area contributed by atoms with Crippen LogP contribution in [0.25, 0.3) is 0 Å². The molecule has 144 valence electrons. The zero-order chi connectivity index (χ0) is 19.6. The molecule has 1 fully saturated rings. The Morgan fingerprint density at radius 3 is 2.48 bits per heavy atom. The Morgan fingerprint density at radius 1 is 1.15 bits per heavy atom. The molecule has 6 nitrogen and oxygen atoms in total. The number of methoxy groups -OCH3 is 1. The largest absolute Gasteiger partial charge is 0.497 e. The lowest BCUT2D eigenvalue weighted by Crippen LogP contribution is -2.43. The van der Waals surface area contributed by atoms with E-state index in [0.29, 0.717) is 34.3 Å². The predicted molar refractivity (Wildman–Crippen MR) is 105 cm³/mol. The van der Waals surface area contributed by atoms with Crippen LogP contribution in [-0.2, 0) is 14.8 Å². The summed E-state index contributed by atoms with van der Waals surface area (Å²) >= 11 is 11.8. The van der Waals surface area contributed by atoms with Crippen molar-refractivity contribution in [2.24, 2.45) is 0 Å². The average Bonchev–Trinajstić information content (AvgIpc) is 3.16. The van der Waals surface area contributed by atoms with Gasteiger partial charge in [0.05, 0.1) is 22.1 Å². The number of anilines is 1. The zero-order valence-electron chi connectivity index (χ0n) is 14.5. The van der Waals surface area contributed by atoms with Gasteiger partial charge in [0.2, 0.25) is 15.9 Å². The summed E-state index contributed by atoms with van der Waals surface area (Å²) in [5.74, 6) is 0.159. The van der Waals surface area contributed by atoms with Crippen molar-refractivity contribution >= 4 is 44.8 Å². The second kappa shape index (κ2) is 8.06. The molecular formula is C18H18Cl2N2O4S. The highest BCUT2D eigenvalue weighted by Gasteiger charge is 2.39. The molecule has 0 bridgehead atoms. The Kier molecular flexibility index (Phi) is 5.95. The van der Waals surface area contributed by atoms with Crippen LogP contribution in [-0.4, -0.2) is 38.3 Å². The Labute approximate surface area is 168 Å². The average molecular weight is 429 g/mol. The van der Waals surface area contributed by atoms with E-state index in [0.717, 1.165) is 0 Å². The van der Waals surface area contributed by atoms with Gasteiger partial charge in [-0.1, -0.05) is 23.2 Å². The maximum Gasteiger partial charge on any atom is 0.243 e. The Hall–Kier alpha value is -1.80. The third kappa shape index (κ3) is 4.21. The van der Waals surface area contributed by atoms with Crippen LogP contribution in [0.1, 0.15) is 12.8 Å². The van der Waals surface area contributed by atoms with Crippen molar-refractivity contribution in [2.75, 3.05) is 19.0 Å². The third-order valence-corrected chi connectivity index (χ3v) is 7.02. The van der Waals surface area contributed by atoms with E-state index in [1.165, 1.54) is 29.6 Å². The van der Waals surface area contributed by atoms with Crippen molar-refractivity contribution in [3.8, 4) is 5.75 Å². The molecule has 2 aromatic carbocycles. The van der Waals surface area contributed by atoms with Gasteiger partial charge in [-0.05, 0) is 55.3 Å². The van der Waals surface area contributed by atoms with E-state index >= 15 is 0 Å². The van der Waals surface area contributed by atoms with Gasteiger partial charge in [-0.3, -0.25) is 4.79 Å². The molecule has 0 aromatic heterocycles. The van der Waals surface area contributed by atoms with Gasteiger partial charge in [0, 0.05) is 12.2 Å². The first-order valence-corrected chi connectivity index (χ1v) is 10.4. The Bertz CT molecular complexity index is 948. The fourth-order valence-electron chi connectivity index (χ4n) is 2.97. The maximum absolute atomic E-state index is 13.0. The number of hydrogen-bond acceptors (Lipinski definition) is 4. The summed E-state index contributed by atoms with van der Waals surface area (Å²) in [4.78, 5) is 12.8. The quantitative estimate of drug-likeness (QED) is 0.785. The molecule has 2 aromatic rings. The molecule has 3 rings (SSSR count). The van der Waals surface area contributed by atoms with Gasteiger partial charge in [-0.15, -0.1) is 0 Å². The van der Waals surface area contributed by atoms with E-state index in [2.05, 4.69) is 5.32 Å². The second-order valence-electron chi connectivity index (χ2n) is 6.07. The van der Waals surface area contributed by atoms with E-state index in [4.69, 9.17) is 27.9 Å². The van der Waals surface area contributed by atoms with E-state index in [9.17, 15) is 13.2 Å². The number of rotatable bonds is 5. The number of halogens is 2. The summed E-state index contributed by atoms with van der Waals surface area (Å²) in [6, 6.07) is 10.0. The molecule has 0 unspecified atom stereocenters. The number of carbonyl (C=O) groups is 1. The van der Waals surface area contributed by atoms with Crippen LogP contribution in [0.3, 0.4) is 0 Å². The van der Waals surface area contributed by atoms with Crippen molar-refractivity contribution in [1.29, 1.82) is 0 Å². The lowest BCUT2D eigenvalue weighted by molar-refractivity contribution is -0.119. The van der Waals surface area contributed by atoms with Gasteiger partial charge < -0.3 is 10.1 Å². The number of sulfonamides is 1. The molecule has 1 aliphatic heterocycles. The van der Waals surface area contributed by atoms with Crippen LogP contribution in [0.5, 0.6) is 5.75 Å². The molecule has 1 aliphatic rings. The minimum Gasteiger partial charge on any atom is -0.497 e. The summed E-state index contributed by atoms with van der Waals surface area (Å²) in [6.07, 6.45) is 1.05.